The van der Waals surface area contributed by atoms with Gasteiger partial charge in [-0.1, -0.05) is 11.6 Å². The molecule has 0 aliphatic rings. The van der Waals surface area contributed by atoms with Crippen molar-refractivity contribution in [2.75, 3.05) is 0 Å². The third kappa shape index (κ3) is 1.16. The quantitative estimate of drug-likeness (QED) is 0.554. The van der Waals surface area contributed by atoms with Crippen molar-refractivity contribution in [2.24, 2.45) is 0 Å². The highest BCUT2D eigenvalue weighted by Crippen LogP contribution is 2.27. The molecular weight excluding hydrogens is 210 g/mol. The summed E-state index contributed by atoms with van der Waals surface area (Å²) in [6, 6.07) is 2.61. The topological polar surface area (TPSA) is 91.8 Å². The van der Waals surface area contributed by atoms with Crippen molar-refractivity contribution in [2.45, 2.75) is 0 Å². The van der Waals surface area contributed by atoms with Crippen LogP contribution in [0.25, 0.3) is 11.0 Å². The van der Waals surface area contributed by atoms with Gasteiger partial charge in [-0.25, -0.2) is 4.79 Å². The fraction of sp³-hybridized carbons (Fsp3) is 0. The molecule has 2 aromatic rings. The molecule has 0 atom stereocenters. The van der Waals surface area contributed by atoms with E-state index in [4.69, 9.17) is 11.6 Å². The smallest absolute Gasteiger partial charge is 0.304 e. The number of hydrogen-bond donors (Lipinski definition) is 2. The Morgan fingerprint density at radius 2 is 1.93 bits per heavy atom. The van der Waals surface area contributed by atoms with Crippen LogP contribution in [0.1, 0.15) is 0 Å². The molecule has 1 aromatic carbocycles. The summed E-state index contributed by atoms with van der Waals surface area (Å²) in [4.78, 5) is 25.6. The molecule has 14 heavy (non-hydrogen) atoms. The average molecular weight is 214 g/mol. The minimum Gasteiger partial charge on any atom is -0.304 e. The Morgan fingerprint density at radius 1 is 1.29 bits per heavy atom. The molecule has 0 radical (unpaired) electrons. The van der Waals surface area contributed by atoms with Gasteiger partial charge in [-0.15, -0.1) is 0 Å². The van der Waals surface area contributed by atoms with Crippen LogP contribution in [0.15, 0.2) is 16.9 Å². The van der Waals surface area contributed by atoms with Crippen LogP contribution in [0.4, 0.5) is 5.69 Å². The summed E-state index contributed by atoms with van der Waals surface area (Å²) in [7, 11) is 0. The molecular formula is C7H4ClN3O3. The van der Waals surface area contributed by atoms with E-state index in [-0.39, 0.29) is 21.7 Å². The van der Waals surface area contributed by atoms with E-state index in [0.29, 0.717) is 0 Å². The number of halogens is 1. The van der Waals surface area contributed by atoms with E-state index in [2.05, 4.69) is 9.97 Å². The number of imidazole rings is 1. The molecule has 0 saturated carbocycles. The normalized spacial score (nSPS) is 10.6. The standard InChI is InChI=1S/C7H4ClN3O3/c8-3-1-2-4(11(13)14)6-5(3)9-7(12)10-6/h1-2H,(H2,9,10,12). The van der Waals surface area contributed by atoms with Gasteiger partial charge in [-0.3, -0.25) is 15.1 Å². The Kier molecular flexibility index (Phi) is 1.78. The third-order valence-electron chi connectivity index (χ3n) is 1.81. The maximum atomic E-state index is 10.9. The SMILES string of the molecule is O=c1[nH]c2c(Cl)ccc([N+](=O)[O-])c2[nH]1. The lowest BCUT2D eigenvalue weighted by molar-refractivity contribution is -0.383. The number of nitrogens with one attached hydrogen (secondary N) is 2. The van der Waals surface area contributed by atoms with Gasteiger partial charge in [0, 0.05) is 6.07 Å². The summed E-state index contributed by atoms with van der Waals surface area (Å²) >= 11 is 5.73. The molecule has 1 heterocycles. The molecule has 0 unspecified atom stereocenters. The van der Waals surface area contributed by atoms with Crippen LogP contribution < -0.4 is 5.69 Å². The van der Waals surface area contributed by atoms with Gasteiger partial charge in [0.25, 0.3) is 5.69 Å². The second-order valence-electron chi connectivity index (χ2n) is 2.65. The minimum atomic E-state index is -0.581. The molecule has 6 nitrogen and oxygen atoms in total. The van der Waals surface area contributed by atoms with Crippen molar-refractivity contribution in [3.05, 3.63) is 37.8 Å². The monoisotopic (exact) mass is 213 g/mol. The first-order valence-electron chi connectivity index (χ1n) is 3.64. The number of nitro benzene ring substituents is 1. The molecule has 72 valence electrons. The van der Waals surface area contributed by atoms with Crippen LogP contribution >= 0.6 is 11.6 Å². The van der Waals surface area contributed by atoms with Crippen molar-refractivity contribution < 1.29 is 4.92 Å². The molecule has 0 spiro atoms. The molecule has 0 fully saturated rings. The fourth-order valence-electron chi connectivity index (χ4n) is 1.23. The molecule has 0 amide bonds. The summed E-state index contributed by atoms with van der Waals surface area (Å²) < 4.78 is 0. The zero-order valence-corrected chi connectivity index (χ0v) is 7.46. The van der Waals surface area contributed by atoms with Crippen LogP contribution in [0.3, 0.4) is 0 Å². The molecule has 0 bridgehead atoms. The van der Waals surface area contributed by atoms with Crippen LogP contribution in [0, 0.1) is 10.1 Å². The fourth-order valence-corrected chi connectivity index (χ4v) is 1.43. The van der Waals surface area contributed by atoms with E-state index < -0.39 is 10.6 Å². The van der Waals surface area contributed by atoms with E-state index in [0.717, 1.165) is 0 Å². The van der Waals surface area contributed by atoms with E-state index in [1.807, 2.05) is 0 Å². The first kappa shape index (κ1) is 8.76. The van der Waals surface area contributed by atoms with Crippen LogP contribution in [-0.4, -0.2) is 14.9 Å². The Bertz CT molecular complexity index is 571. The van der Waals surface area contributed by atoms with Gasteiger partial charge >= 0.3 is 5.69 Å². The summed E-state index contributed by atoms with van der Waals surface area (Å²) in [5.74, 6) is 0. The molecule has 0 aliphatic heterocycles. The molecule has 2 N–H and O–H groups in total. The Balaban J connectivity index is 2.94. The predicted molar refractivity (Wildman–Crippen MR) is 50.6 cm³/mol. The lowest BCUT2D eigenvalue weighted by atomic mass is 10.3. The number of benzene rings is 1. The Morgan fingerprint density at radius 3 is 2.57 bits per heavy atom. The highest BCUT2D eigenvalue weighted by atomic mass is 35.5. The highest BCUT2D eigenvalue weighted by Gasteiger charge is 2.15. The van der Waals surface area contributed by atoms with E-state index in [1.54, 1.807) is 0 Å². The number of nitrogens with zero attached hydrogens (tertiary/aromatic N) is 1. The molecule has 7 heteroatoms. The highest BCUT2D eigenvalue weighted by molar-refractivity contribution is 6.35. The molecule has 0 saturated heterocycles. The summed E-state index contributed by atoms with van der Waals surface area (Å²) in [6.07, 6.45) is 0. The average Bonchev–Trinajstić information content (AvgIpc) is 2.47. The van der Waals surface area contributed by atoms with Gasteiger partial charge in [-0.05, 0) is 6.07 Å². The summed E-state index contributed by atoms with van der Waals surface area (Å²) in [5.41, 5.74) is -0.322. The van der Waals surface area contributed by atoms with Crippen molar-refractivity contribution >= 4 is 28.3 Å². The molecule has 0 aliphatic carbocycles. The van der Waals surface area contributed by atoms with Gasteiger partial charge in [-0.2, -0.15) is 0 Å². The van der Waals surface area contributed by atoms with Crippen LogP contribution in [-0.2, 0) is 0 Å². The Hall–Kier alpha value is -1.82. The first-order valence-corrected chi connectivity index (χ1v) is 4.02. The maximum Gasteiger partial charge on any atom is 0.324 e. The zero-order valence-electron chi connectivity index (χ0n) is 6.70. The number of aromatic amines is 2. The van der Waals surface area contributed by atoms with Crippen molar-refractivity contribution in [1.82, 2.24) is 9.97 Å². The number of nitro groups is 1. The maximum absolute atomic E-state index is 10.9. The van der Waals surface area contributed by atoms with Gasteiger partial charge < -0.3 is 4.98 Å². The van der Waals surface area contributed by atoms with Gasteiger partial charge in [0.15, 0.2) is 0 Å². The number of non-ortho nitro benzene ring substituents is 1. The number of H-pyrrole nitrogens is 2. The van der Waals surface area contributed by atoms with Crippen LogP contribution in [0.5, 0.6) is 0 Å². The number of fused-ring (bicyclic) bond motifs is 1. The minimum absolute atomic E-state index is 0.118. The second-order valence-corrected chi connectivity index (χ2v) is 3.06. The lowest BCUT2D eigenvalue weighted by Gasteiger charge is -1.94. The number of hydrogen-bond acceptors (Lipinski definition) is 3. The summed E-state index contributed by atoms with van der Waals surface area (Å²) in [6.45, 7) is 0. The molecule has 2 rings (SSSR count). The van der Waals surface area contributed by atoms with Crippen molar-refractivity contribution in [3.63, 3.8) is 0 Å². The van der Waals surface area contributed by atoms with Gasteiger partial charge in [0.05, 0.1) is 15.5 Å². The lowest BCUT2D eigenvalue weighted by Crippen LogP contribution is -1.99. The van der Waals surface area contributed by atoms with Crippen molar-refractivity contribution in [3.8, 4) is 0 Å². The van der Waals surface area contributed by atoms with Crippen LogP contribution in [0.2, 0.25) is 5.02 Å². The largest absolute Gasteiger partial charge is 0.324 e. The van der Waals surface area contributed by atoms with Gasteiger partial charge in [0.2, 0.25) is 0 Å². The Labute approximate surface area is 81.7 Å². The predicted octanol–water partition coefficient (Wildman–Crippen LogP) is 1.42. The van der Waals surface area contributed by atoms with Gasteiger partial charge in [0.1, 0.15) is 5.52 Å². The van der Waals surface area contributed by atoms with Crippen molar-refractivity contribution in [1.29, 1.82) is 0 Å². The molecule has 1 aromatic heterocycles. The van der Waals surface area contributed by atoms with E-state index in [9.17, 15) is 14.9 Å². The number of rotatable bonds is 1. The first-order chi connectivity index (χ1) is 6.59. The van der Waals surface area contributed by atoms with E-state index >= 15 is 0 Å². The third-order valence-corrected chi connectivity index (χ3v) is 2.12. The van der Waals surface area contributed by atoms with E-state index in [1.165, 1.54) is 12.1 Å². The number of aromatic nitrogens is 2. The second kappa shape index (κ2) is 2.85. The summed E-state index contributed by atoms with van der Waals surface area (Å²) in [5, 5.41) is 10.8. The zero-order chi connectivity index (χ0) is 10.3.